The predicted octanol–water partition coefficient (Wildman–Crippen LogP) is 10.6. The number of carboxylic acid groups (broad SMARTS) is 2. The molecule has 0 atom stereocenters. The van der Waals surface area contributed by atoms with Gasteiger partial charge in [-0.05, 0) is 0 Å². The third-order valence-electron chi connectivity index (χ3n) is 5.87. The minimum Gasteiger partial charge on any atom is -0.477 e. The number of rotatable bonds is 20. The van der Waals surface area contributed by atoms with Crippen LogP contribution in [0.15, 0.2) is 10.1 Å². The molecule has 0 aliphatic rings. The molecular formula is C28H56Cl2O4Sn2. The minimum absolute atomic E-state index is 0.839. The molecule has 0 aromatic carbocycles. The molecule has 2 N–H and O–H groups in total. The molecule has 0 unspecified atom stereocenters. The van der Waals surface area contributed by atoms with Crippen LogP contribution in [0.3, 0.4) is 0 Å². The Hall–Kier alpha value is 0.857. The van der Waals surface area contributed by atoms with Crippen LogP contribution in [-0.4, -0.2) is 61.7 Å². The van der Waals surface area contributed by atoms with E-state index in [4.69, 9.17) is 33.4 Å². The number of carbonyl (C=O) groups is 2. The molecule has 0 rings (SSSR count). The second-order valence-corrected chi connectivity index (χ2v) is 27.2. The maximum atomic E-state index is 9.91. The van der Waals surface area contributed by atoms with Crippen LogP contribution in [-0.2, 0) is 9.59 Å². The number of hydrogen-bond acceptors (Lipinski definition) is 2. The Bertz CT molecular complexity index is 462. The van der Waals surface area contributed by atoms with E-state index in [0.29, 0.717) is 0 Å². The molecule has 214 valence electrons. The average molecular weight is 765 g/mol. The van der Waals surface area contributed by atoms with Crippen molar-refractivity contribution in [2.24, 2.45) is 0 Å². The molecule has 0 saturated heterocycles. The van der Waals surface area contributed by atoms with Crippen LogP contribution in [0.4, 0.5) is 0 Å². The summed E-state index contributed by atoms with van der Waals surface area (Å²) in [6.45, 7) is 14.0. The van der Waals surface area contributed by atoms with Crippen molar-refractivity contribution in [1.82, 2.24) is 0 Å². The Morgan fingerprint density at radius 1 is 0.472 bits per heavy atom. The molecule has 0 bridgehead atoms. The standard InChI is InChI=1S/C4H2Cl2O4.6C4H9.2Sn/c5-1(3(7)8)2(6)4(9)10;6*1-3-4-2;;/h(H,7,8)(H,9,10);6*1,3-4H2,2H3;;. The predicted molar refractivity (Wildman–Crippen MR) is 164 cm³/mol. The van der Waals surface area contributed by atoms with Gasteiger partial charge in [0.25, 0.3) is 0 Å². The van der Waals surface area contributed by atoms with Crippen molar-refractivity contribution in [3.63, 3.8) is 0 Å². The van der Waals surface area contributed by atoms with E-state index >= 15 is 0 Å². The van der Waals surface area contributed by atoms with E-state index in [9.17, 15) is 9.59 Å². The van der Waals surface area contributed by atoms with Crippen molar-refractivity contribution >= 4 is 74.7 Å². The molecule has 0 spiro atoms. The van der Waals surface area contributed by atoms with Crippen LogP contribution in [0.1, 0.15) is 119 Å². The Kier molecular flexibility index (Phi) is 36.8. The average Bonchev–Trinajstić information content (AvgIpc) is 2.87. The summed E-state index contributed by atoms with van der Waals surface area (Å²) in [5.74, 6) is -3.12. The quantitative estimate of drug-likeness (QED) is 0.0956. The van der Waals surface area contributed by atoms with Crippen LogP contribution in [0.5, 0.6) is 0 Å². The SMILES string of the molecule is CCC[CH2][Sn]([CH2]CCC)[CH2]CCC.CCC[CH2][Sn]([CH2]CCC)[CH2]CCC.O=C(O)C(Cl)=C(Cl)C(=O)O. The van der Waals surface area contributed by atoms with Crippen LogP contribution >= 0.6 is 23.2 Å². The van der Waals surface area contributed by atoms with Gasteiger partial charge in [0.1, 0.15) is 0 Å². The Morgan fingerprint density at radius 2 is 0.639 bits per heavy atom. The van der Waals surface area contributed by atoms with Gasteiger partial charge >= 0.3 is 197 Å². The monoisotopic (exact) mass is 766 g/mol. The van der Waals surface area contributed by atoms with E-state index in [1.165, 1.54) is 77.0 Å². The zero-order valence-electron chi connectivity index (χ0n) is 24.2. The fraction of sp³-hybridized carbons (Fsp3) is 0.857. The van der Waals surface area contributed by atoms with Gasteiger partial charge in [0.05, 0.1) is 0 Å². The molecule has 36 heavy (non-hydrogen) atoms. The van der Waals surface area contributed by atoms with E-state index in [1.807, 2.05) is 0 Å². The fourth-order valence-electron chi connectivity index (χ4n) is 3.50. The van der Waals surface area contributed by atoms with Gasteiger partial charge in [0, 0.05) is 0 Å². The summed E-state index contributed by atoms with van der Waals surface area (Å²) < 4.78 is 10.1. The van der Waals surface area contributed by atoms with Crippen LogP contribution in [0.2, 0.25) is 26.6 Å². The van der Waals surface area contributed by atoms with E-state index in [0.717, 1.165) is 0 Å². The molecule has 4 nitrogen and oxygen atoms in total. The summed E-state index contributed by atoms with van der Waals surface area (Å²) in [5.41, 5.74) is 0. The molecule has 0 fully saturated rings. The van der Waals surface area contributed by atoms with Crippen molar-refractivity contribution in [3.05, 3.63) is 10.1 Å². The first-order valence-corrected chi connectivity index (χ1v) is 27.2. The molecule has 0 amide bonds. The van der Waals surface area contributed by atoms with Crippen molar-refractivity contribution in [1.29, 1.82) is 0 Å². The number of unbranched alkanes of at least 4 members (excludes halogenated alkanes) is 6. The third-order valence-corrected chi connectivity index (χ3v) is 24.8. The first-order valence-electron chi connectivity index (χ1n) is 14.3. The molecular weight excluding hydrogens is 709 g/mol. The van der Waals surface area contributed by atoms with Crippen molar-refractivity contribution in [2.75, 3.05) is 0 Å². The summed E-state index contributed by atoms with van der Waals surface area (Å²) in [7, 11) is 0. The van der Waals surface area contributed by atoms with Gasteiger partial charge in [0.2, 0.25) is 0 Å². The normalized spacial score (nSPS) is 11.4. The van der Waals surface area contributed by atoms with E-state index in [1.54, 1.807) is 26.6 Å². The zero-order valence-corrected chi connectivity index (χ0v) is 31.4. The van der Waals surface area contributed by atoms with Crippen molar-refractivity contribution in [3.8, 4) is 0 Å². The van der Waals surface area contributed by atoms with Gasteiger partial charge in [-0.15, -0.1) is 0 Å². The van der Waals surface area contributed by atoms with E-state index in [2.05, 4.69) is 41.5 Å². The molecule has 2 radical (unpaired) electrons. The van der Waals surface area contributed by atoms with Crippen LogP contribution < -0.4 is 0 Å². The maximum Gasteiger partial charge on any atom is 0.349 e. The van der Waals surface area contributed by atoms with Gasteiger partial charge in [-0.2, -0.15) is 0 Å². The van der Waals surface area contributed by atoms with Crippen LogP contribution in [0, 0.1) is 0 Å². The fourth-order valence-corrected chi connectivity index (χ4v) is 22.6. The van der Waals surface area contributed by atoms with E-state index in [-0.39, 0.29) is 0 Å². The number of halogens is 2. The smallest absolute Gasteiger partial charge is 0.349 e. The summed E-state index contributed by atoms with van der Waals surface area (Å²) in [5, 5.41) is 14.3. The zero-order chi connectivity index (χ0) is 28.2. The first kappa shape index (κ1) is 41.3. The summed E-state index contributed by atoms with van der Waals surface area (Å²) in [6, 6.07) is 0. The van der Waals surface area contributed by atoms with Gasteiger partial charge in [-0.25, -0.2) is 9.59 Å². The Labute approximate surface area is 247 Å². The van der Waals surface area contributed by atoms with Gasteiger partial charge in [-0.1, -0.05) is 23.2 Å². The summed E-state index contributed by atoms with van der Waals surface area (Å²) >= 11 is 8.18. The van der Waals surface area contributed by atoms with Crippen molar-refractivity contribution < 1.29 is 19.8 Å². The first-order chi connectivity index (χ1) is 17.2. The van der Waals surface area contributed by atoms with Gasteiger partial charge in [0.15, 0.2) is 10.1 Å². The Balaban J connectivity index is -0.000000459. The molecule has 0 aromatic rings. The second-order valence-electron chi connectivity index (χ2n) is 9.36. The number of carboxylic acids is 2. The topological polar surface area (TPSA) is 74.6 Å². The second kappa shape index (κ2) is 32.1. The minimum atomic E-state index is -1.56. The number of hydrogen-bond donors (Lipinski definition) is 2. The Morgan fingerprint density at radius 3 is 0.750 bits per heavy atom. The maximum absolute atomic E-state index is 9.91. The number of aliphatic carboxylic acids is 2. The summed E-state index contributed by atoms with van der Waals surface area (Å²) in [4.78, 5) is 19.8. The van der Waals surface area contributed by atoms with Crippen molar-refractivity contribution in [2.45, 2.75) is 145 Å². The molecule has 0 saturated carbocycles. The molecule has 8 heteroatoms. The molecule has 0 aliphatic carbocycles. The van der Waals surface area contributed by atoms with Gasteiger partial charge in [-0.3, -0.25) is 0 Å². The van der Waals surface area contributed by atoms with E-state index < -0.39 is 61.5 Å². The summed E-state index contributed by atoms with van der Waals surface area (Å²) in [6.07, 6.45) is 17.7. The van der Waals surface area contributed by atoms with Crippen LogP contribution in [0.25, 0.3) is 0 Å². The third kappa shape index (κ3) is 29.4. The van der Waals surface area contributed by atoms with Gasteiger partial charge < -0.3 is 10.2 Å². The molecule has 0 heterocycles. The molecule has 0 aromatic heterocycles. The molecule has 0 aliphatic heterocycles. The largest absolute Gasteiger partial charge is 0.477 e.